The van der Waals surface area contributed by atoms with E-state index in [0.717, 1.165) is 80.5 Å². The van der Waals surface area contributed by atoms with Gasteiger partial charge in [-0.1, -0.05) is 37.5 Å². The maximum atomic E-state index is 13.5. The highest BCUT2D eigenvalue weighted by molar-refractivity contribution is 5.96. The van der Waals surface area contributed by atoms with Gasteiger partial charge >= 0.3 is 0 Å². The fourth-order valence-electron chi connectivity index (χ4n) is 5.79. The van der Waals surface area contributed by atoms with E-state index in [4.69, 9.17) is 0 Å². The molecule has 2 aromatic carbocycles. The van der Waals surface area contributed by atoms with Gasteiger partial charge in [0.15, 0.2) is 0 Å². The highest BCUT2D eigenvalue weighted by atomic mass is 16.1. The van der Waals surface area contributed by atoms with Crippen LogP contribution in [0.15, 0.2) is 60.8 Å². The summed E-state index contributed by atoms with van der Waals surface area (Å²) in [6.07, 6.45) is 9.41. The third-order valence-electron chi connectivity index (χ3n) is 7.88. The number of hydrogen-bond acceptors (Lipinski definition) is 4. The van der Waals surface area contributed by atoms with E-state index in [2.05, 4.69) is 39.5 Å². The van der Waals surface area contributed by atoms with Crippen molar-refractivity contribution in [2.45, 2.75) is 64.0 Å². The van der Waals surface area contributed by atoms with Crippen LogP contribution in [0.25, 0.3) is 11.1 Å². The second-order valence-electron chi connectivity index (χ2n) is 10.4. The third kappa shape index (κ3) is 5.50. The first-order valence-corrected chi connectivity index (χ1v) is 13.1. The fourth-order valence-corrected chi connectivity index (χ4v) is 5.79. The Bertz CT molecular complexity index is 1290. The first-order chi connectivity index (χ1) is 17.5. The molecule has 0 atom stereocenters. The molecule has 1 N–H and O–H groups in total. The van der Waals surface area contributed by atoms with Gasteiger partial charge in [0.2, 0.25) is 0 Å². The van der Waals surface area contributed by atoms with Crippen molar-refractivity contribution in [3.8, 4) is 17.2 Å². The summed E-state index contributed by atoms with van der Waals surface area (Å²) >= 11 is 0. The van der Waals surface area contributed by atoms with Crippen LogP contribution in [0.4, 0.5) is 0 Å². The lowest BCUT2D eigenvalue weighted by Crippen LogP contribution is -2.51. The molecule has 0 unspecified atom stereocenters. The van der Waals surface area contributed by atoms with E-state index in [-0.39, 0.29) is 11.4 Å². The molecule has 5 rings (SSSR count). The van der Waals surface area contributed by atoms with Crippen LogP contribution in [0.1, 0.15) is 71.3 Å². The molecule has 1 fully saturated rings. The number of benzene rings is 2. The van der Waals surface area contributed by atoms with Crippen LogP contribution in [0.3, 0.4) is 0 Å². The Morgan fingerprint density at radius 2 is 1.89 bits per heavy atom. The molecule has 5 nitrogen and oxygen atoms in total. The normalized spacial score (nSPS) is 17.1. The van der Waals surface area contributed by atoms with Crippen molar-refractivity contribution in [1.82, 2.24) is 15.2 Å². The minimum Gasteiger partial charge on any atom is -0.347 e. The number of aromatic nitrogens is 1. The predicted octanol–water partition coefficient (Wildman–Crippen LogP) is 5.81. The van der Waals surface area contributed by atoms with Crippen molar-refractivity contribution in [3.05, 3.63) is 88.7 Å². The molecule has 36 heavy (non-hydrogen) atoms. The number of fused-ring (bicyclic) bond motifs is 1. The van der Waals surface area contributed by atoms with Gasteiger partial charge in [0, 0.05) is 42.6 Å². The summed E-state index contributed by atoms with van der Waals surface area (Å²) < 4.78 is 0. The number of pyridine rings is 1. The lowest BCUT2D eigenvalue weighted by atomic mass is 9.78. The molecular formula is C31H34N4O. The number of nitrogens with one attached hydrogen (secondary N) is 1. The largest absolute Gasteiger partial charge is 0.347 e. The van der Waals surface area contributed by atoms with Gasteiger partial charge in [0.25, 0.3) is 5.91 Å². The maximum Gasteiger partial charge on any atom is 0.251 e. The van der Waals surface area contributed by atoms with E-state index in [1.807, 2.05) is 49.5 Å². The van der Waals surface area contributed by atoms with E-state index in [0.29, 0.717) is 5.56 Å². The third-order valence-corrected chi connectivity index (χ3v) is 7.88. The summed E-state index contributed by atoms with van der Waals surface area (Å²) in [5.41, 5.74) is 7.02. The number of amides is 1. The molecule has 2 aliphatic rings. The zero-order valence-corrected chi connectivity index (χ0v) is 21.1. The van der Waals surface area contributed by atoms with Crippen molar-refractivity contribution >= 4 is 5.91 Å². The molecule has 0 bridgehead atoms. The Balaban J connectivity index is 1.27. The second kappa shape index (κ2) is 10.6. The first-order valence-electron chi connectivity index (χ1n) is 13.1. The number of rotatable bonds is 6. The van der Waals surface area contributed by atoms with Crippen molar-refractivity contribution < 1.29 is 4.79 Å². The molecule has 1 aliphatic carbocycles. The Kier molecular flexibility index (Phi) is 7.16. The standard InChI is InChI=1S/C31H34N4O/c1-23-18-26(10-15-33-23)25-6-5-7-28(20-25)30(36)34-31(12-3-2-4-13-31)14-17-35-16-11-27-19-24(21-32)8-9-29(27)22-35/h5-10,15,18-20H,2-4,11-14,16-17,22H2,1H3,(H,34,36). The van der Waals surface area contributed by atoms with Crippen molar-refractivity contribution in [3.63, 3.8) is 0 Å². The van der Waals surface area contributed by atoms with Crippen LogP contribution >= 0.6 is 0 Å². The number of carbonyl (C=O) groups is 1. The van der Waals surface area contributed by atoms with E-state index >= 15 is 0 Å². The van der Waals surface area contributed by atoms with E-state index in [1.165, 1.54) is 17.5 Å². The number of nitrogens with zero attached hydrogens (tertiary/aromatic N) is 3. The fraction of sp³-hybridized carbons (Fsp3) is 0.387. The van der Waals surface area contributed by atoms with Crippen LogP contribution in [-0.4, -0.2) is 34.4 Å². The highest BCUT2D eigenvalue weighted by Crippen LogP contribution is 2.33. The summed E-state index contributed by atoms with van der Waals surface area (Å²) in [5, 5.41) is 12.7. The lowest BCUT2D eigenvalue weighted by molar-refractivity contribution is 0.0840. The lowest BCUT2D eigenvalue weighted by Gasteiger charge is -2.40. The number of hydrogen-bond donors (Lipinski definition) is 1. The molecule has 1 amide bonds. The zero-order chi connectivity index (χ0) is 25.0. The maximum absolute atomic E-state index is 13.5. The van der Waals surface area contributed by atoms with Gasteiger partial charge < -0.3 is 5.32 Å². The molecule has 3 aromatic rings. The van der Waals surface area contributed by atoms with E-state index < -0.39 is 0 Å². The number of carbonyl (C=O) groups excluding carboxylic acids is 1. The molecule has 1 aliphatic heterocycles. The molecular weight excluding hydrogens is 444 g/mol. The van der Waals surface area contributed by atoms with E-state index in [9.17, 15) is 10.1 Å². The quantitative estimate of drug-likeness (QED) is 0.485. The SMILES string of the molecule is Cc1cc(-c2cccc(C(=O)NC3(CCN4CCc5cc(C#N)ccc5C4)CCCCC3)c2)ccn1. The van der Waals surface area contributed by atoms with Crippen LogP contribution in [-0.2, 0) is 13.0 Å². The summed E-state index contributed by atoms with van der Waals surface area (Å²) in [7, 11) is 0. The Morgan fingerprint density at radius 1 is 1.06 bits per heavy atom. The second-order valence-corrected chi connectivity index (χ2v) is 10.4. The summed E-state index contributed by atoms with van der Waals surface area (Å²) in [6.45, 7) is 4.87. The van der Waals surface area contributed by atoms with Crippen LogP contribution in [0.5, 0.6) is 0 Å². The van der Waals surface area contributed by atoms with Crippen molar-refractivity contribution in [2.24, 2.45) is 0 Å². The van der Waals surface area contributed by atoms with Crippen LogP contribution < -0.4 is 5.32 Å². The smallest absolute Gasteiger partial charge is 0.251 e. The van der Waals surface area contributed by atoms with E-state index in [1.54, 1.807) is 0 Å². The van der Waals surface area contributed by atoms with Gasteiger partial charge in [-0.05, 0) is 91.3 Å². The number of aryl methyl sites for hydroxylation is 1. The number of nitriles is 1. The van der Waals surface area contributed by atoms with Gasteiger partial charge in [-0.2, -0.15) is 5.26 Å². The first kappa shape index (κ1) is 24.2. The summed E-state index contributed by atoms with van der Waals surface area (Å²) in [6, 6.07) is 20.3. The van der Waals surface area contributed by atoms with Gasteiger partial charge in [0.1, 0.15) is 0 Å². The molecule has 1 aromatic heterocycles. The highest BCUT2D eigenvalue weighted by Gasteiger charge is 2.34. The van der Waals surface area contributed by atoms with Crippen LogP contribution in [0.2, 0.25) is 0 Å². The zero-order valence-electron chi connectivity index (χ0n) is 21.1. The predicted molar refractivity (Wildman–Crippen MR) is 142 cm³/mol. The summed E-state index contributed by atoms with van der Waals surface area (Å²) in [5.74, 6) is 0.0255. The Hall–Kier alpha value is -3.49. The summed E-state index contributed by atoms with van der Waals surface area (Å²) in [4.78, 5) is 20.3. The van der Waals surface area contributed by atoms with Gasteiger partial charge in [-0.15, -0.1) is 0 Å². The minimum absolute atomic E-state index is 0.0255. The monoisotopic (exact) mass is 478 g/mol. The molecule has 0 saturated heterocycles. The Morgan fingerprint density at radius 3 is 2.69 bits per heavy atom. The molecule has 2 heterocycles. The molecule has 0 radical (unpaired) electrons. The molecule has 5 heteroatoms. The van der Waals surface area contributed by atoms with Gasteiger partial charge in [-0.25, -0.2) is 0 Å². The molecule has 0 spiro atoms. The van der Waals surface area contributed by atoms with Gasteiger partial charge in [-0.3, -0.25) is 14.7 Å². The average Bonchev–Trinajstić information content (AvgIpc) is 2.92. The minimum atomic E-state index is -0.149. The van der Waals surface area contributed by atoms with Crippen molar-refractivity contribution in [1.29, 1.82) is 5.26 Å². The van der Waals surface area contributed by atoms with Crippen LogP contribution in [0, 0.1) is 18.3 Å². The van der Waals surface area contributed by atoms with Gasteiger partial charge in [0.05, 0.1) is 11.6 Å². The molecule has 1 saturated carbocycles. The Labute approximate surface area is 214 Å². The topological polar surface area (TPSA) is 69.0 Å². The average molecular weight is 479 g/mol. The molecule has 184 valence electrons. The van der Waals surface area contributed by atoms with Crippen molar-refractivity contribution in [2.75, 3.05) is 13.1 Å².